The van der Waals surface area contributed by atoms with Crippen LogP contribution in [0.15, 0.2) is 0 Å². The molecule has 1 aliphatic rings. The van der Waals surface area contributed by atoms with Crippen molar-refractivity contribution in [3.63, 3.8) is 0 Å². The summed E-state index contributed by atoms with van der Waals surface area (Å²) >= 11 is 0. The molecule has 0 aliphatic carbocycles. The minimum atomic E-state index is 0.0318. The molecule has 0 atom stereocenters. The van der Waals surface area contributed by atoms with Crippen LogP contribution in [0.4, 0.5) is 11.5 Å². The van der Waals surface area contributed by atoms with Crippen LogP contribution in [-0.4, -0.2) is 21.9 Å². The molecule has 0 fully saturated rings. The van der Waals surface area contributed by atoms with Crippen molar-refractivity contribution in [1.82, 2.24) is 9.78 Å². The molecule has 2 rings (SSSR count). The van der Waals surface area contributed by atoms with Crippen molar-refractivity contribution in [2.45, 2.75) is 46.6 Å². The molecule has 0 radical (unpaired) electrons. The highest BCUT2D eigenvalue weighted by molar-refractivity contribution is 5.70. The fourth-order valence-corrected chi connectivity index (χ4v) is 2.15. The maximum atomic E-state index is 4.56. The van der Waals surface area contributed by atoms with Gasteiger partial charge < -0.3 is 10.6 Å². The third-order valence-electron chi connectivity index (χ3n) is 4.28. The zero-order valence-electron chi connectivity index (χ0n) is 11.8. The lowest BCUT2D eigenvalue weighted by Crippen LogP contribution is -2.48. The van der Waals surface area contributed by atoms with Crippen LogP contribution in [0.1, 0.15) is 40.3 Å². The molecule has 0 saturated heterocycles. The number of aryl methyl sites for hydroxylation is 2. The predicted molar refractivity (Wildman–Crippen MR) is 72.6 cm³/mol. The van der Waals surface area contributed by atoms with Gasteiger partial charge in [-0.25, -0.2) is 0 Å². The van der Waals surface area contributed by atoms with Gasteiger partial charge in [0.15, 0.2) is 0 Å². The monoisotopic (exact) mass is 236 g/mol. The van der Waals surface area contributed by atoms with Gasteiger partial charge in [-0.3, -0.25) is 4.68 Å². The van der Waals surface area contributed by atoms with E-state index >= 15 is 0 Å². The highest BCUT2D eigenvalue weighted by Gasteiger charge is 2.40. The van der Waals surface area contributed by atoms with Crippen LogP contribution >= 0.6 is 0 Å². The number of fused-ring (bicyclic) bond motifs is 1. The largest absolute Gasteiger partial charge is 0.380 e. The zero-order chi connectivity index (χ0) is 12.8. The topological polar surface area (TPSA) is 41.9 Å². The molecule has 17 heavy (non-hydrogen) atoms. The van der Waals surface area contributed by atoms with Crippen molar-refractivity contribution in [3.05, 3.63) is 5.69 Å². The van der Waals surface area contributed by atoms with E-state index in [2.05, 4.69) is 50.4 Å². The summed E-state index contributed by atoms with van der Waals surface area (Å²) in [6, 6.07) is 0. The molecule has 0 saturated carbocycles. The summed E-state index contributed by atoms with van der Waals surface area (Å²) in [5.74, 6) is 1.11. The average molecular weight is 236 g/mol. The van der Waals surface area contributed by atoms with Gasteiger partial charge in [-0.1, -0.05) is 20.8 Å². The summed E-state index contributed by atoms with van der Waals surface area (Å²) in [5, 5.41) is 11.8. The second-order valence-electron chi connectivity index (χ2n) is 6.13. The Hall–Kier alpha value is -1.19. The Kier molecular flexibility index (Phi) is 2.64. The summed E-state index contributed by atoms with van der Waals surface area (Å²) in [5.41, 5.74) is 2.53. The van der Waals surface area contributed by atoms with Crippen molar-refractivity contribution in [1.29, 1.82) is 0 Å². The van der Waals surface area contributed by atoms with E-state index in [-0.39, 0.29) is 11.0 Å². The van der Waals surface area contributed by atoms with Crippen LogP contribution in [0, 0.1) is 5.41 Å². The maximum Gasteiger partial charge on any atom is 0.148 e. The normalized spacial score (nSPS) is 21.1. The van der Waals surface area contributed by atoms with E-state index in [0.717, 1.165) is 24.5 Å². The second-order valence-corrected chi connectivity index (χ2v) is 6.13. The van der Waals surface area contributed by atoms with E-state index in [1.165, 1.54) is 5.69 Å². The first-order valence-electron chi connectivity index (χ1n) is 6.36. The summed E-state index contributed by atoms with van der Waals surface area (Å²) < 4.78 is 1.95. The van der Waals surface area contributed by atoms with Crippen molar-refractivity contribution < 1.29 is 0 Å². The molecule has 0 spiro atoms. The maximum absolute atomic E-state index is 4.56. The molecule has 0 amide bonds. The third-order valence-corrected chi connectivity index (χ3v) is 4.28. The molecular weight excluding hydrogens is 212 g/mol. The van der Waals surface area contributed by atoms with Gasteiger partial charge in [0.2, 0.25) is 0 Å². The molecule has 4 nitrogen and oxygen atoms in total. The Morgan fingerprint density at radius 2 is 1.94 bits per heavy atom. The van der Waals surface area contributed by atoms with Crippen LogP contribution in [0.2, 0.25) is 0 Å². The van der Waals surface area contributed by atoms with Crippen LogP contribution < -0.4 is 10.6 Å². The first kappa shape index (κ1) is 12.3. The number of hydrogen-bond donors (Lipinski definition) is 2. The standard InChI is InChI=1S/C13H24N4/c1-7-9-10-11(17(6)16-9)15-13(4,5)12(2,3)8-14-10/h14-15H,7-8H2,1-6H3. The average Bonchev–Trinajstić information content (AvgIpc) is 2.47. The first-order valence-corrected chi connectivity index (χ1v) is 6.36. The minimum Gasteiger partial charge on any atom is -0.380 e. The van der Waals surface area contributed by atoms with Gasteiger partial charge in [-0.05, 0) is 20.3 Å². The Morgan fingerprint density at radius 1 is 1.29 bits per heavy atom. The van der Waals surface area contributed by atoms with Crippen molar-refractivity contribution in [2.75, 3.05) is 17.2 Å². The molecule has 1 aliphatic heterocycles. The molecule has 4 heteroatoms. The van der Waals surface area contributed by atoms with Gasteiger partial charge in [-0.15, -0.1) is 0 Å². The van der Waals surface area contributed by atoms with E-state index < -0.39 is 0 Å². The summed E-state index contributed by atoms with van der Waals surface area (Å²) in [6.45, 7) is 12.2. The van der Waals surface area contributed by atoms with E-state index in [1.807, 2.05) is 11.7 Å². The number of hydrogen-bond acceptors (Lipinski definition) is 3. The molecule has 0 bridgehead atoms. The fraction of sp³-hybridized carbons (Fsp3) is 0.769. The van der Waals surface area contributed by atoms with E-state index in [9.17, 15) is 0 Å². The van der Waals surface area contributed by atoms with Crippen LogP contribution in [-0.2, 0) is 13.5 Å². The summed E-state index contributed by atoms with van der Waals surface area (Å²) in [7, 11) is 2.00. The minimum absolute atomic E-state index is 0.0318. The molecule has 2 N–H and O–H groups in total. The first-order chi connectivity index (χ1) is 7.78. The van der Waals surface area contributed by atoms with Gasteiger partial charge in [0.05, 0.1) is 5.69 Å². The number of nitrogens with zero attached hydrogens (tertiary/aromatic N) is 2. The Balaban J connectivity index is 2.49. The molecule has 0 aromatic carbocycles. The highest BCUT2D eigenvalue weighted by Crippen LogP contribution is 2.40. The van der Waals surface area contributed by atoms with Crippen molar-refractivity contribution in [2.24, 2.45) is 12.5 Å². The molecule has 0 unspecified atom stereocenters. The molecule has 1 aromatic heterocycles. The zero-order valence-corrected chi connectivity index (χ0v) is 11.8. The Bertz CT molecular complexity index is 429. The number of anilines is 2. The Labute approximate surface area is 104 Å². The van der Waals surface area contributed by atoms with Crippen LogP contribution in [0.3, 0.4) is 0 Å². The number of rotatable bonds is 1. The molecule has 1 aromatic rings. The molecule has 96 valence electrons. The Morgan fingerprint density at radius 3 is 2.53 bits per heavy atom. The number of nitrogens with one attached hydrogen (secondary N) is 2. The second kappa shape index (κ2) is 3.65. The lowest BCUT2D eigenvalue weighted by atomic mass is 9.75. The van der Waals surface area contributed by atoms with Crippen LogP contribution in [0.25, 0.3) is 0 Å². The van der Waals surface area contributed by atoms with E-state index in [0.29, 0.717) is 0 Å². The van der Waals surface area contributed by atoms with E-state index in [1.54, 1.807) is 0 Å². The summed E-state index contributed by atoms with van der Waals surface area (Å²) in [4.78, 5) is 0. The fourth-order valence-electron chi connectivity index (χ4n) is 2.15. The van der Waals surface area contributed by atoms with Gasteiger partial charge in [-0.2, -0.15) is 5.10 Å². The third kappa shape index (κ3) is 1.79. The smallest absolute Gasteiger partial charge is 0.148 e. The van der Waals surface area contributed by atoms with Gasteiger partial charge in [0, 0.05) is 24.5 Å². The van der Waals surface area contributed by atoms with Gasteiger partial charge in [0.1, 0.15) is 11.5 Å². The quantitative estimate of drug-likeness (QED) is 0.787. The molecular formula is C13H24N4. The summed E-state index contributed by atoms with van der Waals surface area (Å²) in [6.07, 6.45) is 0.957. The lowest BCUT2D eigenvalue weighted by Gasteiger charge is -2.40. The van der Waals surface area contributed by atoms with E-state index in [4.69, 9.17) is 0 Å². The number of aromatic nitrogens is 2. The lowest BCUT2D eigenvalue weighted by molar-refractivity contribution is 0.244. The van der Waals surface area contributed by atoms with Crippen molar-refractivity contribution >= 4 is 11.5 Å². The highest BCUT2D eigenvalue weighted by atomic mass is 15.3. The molecule has 2 heterocycles. The van der Waals surface area contributed by atoms with Gasteiger partial charge in [0.25, 0.3) is 0 Å². The SMILES string of the molecule is CCc1nn(C)c2c1NCC(C)(C)C(C)(C)N2. The van der Waals surface area contributed by atoms with Gasteiger partial charge >= 0.3 is 0 Å². The van der Waals surface area contributed by atoms with Crippen LogP contribution in [0.5, 0.6) is 0 Å². The van der Waals surface area contributed by atoms with Crippen molar-refractivity contribution in [3.8, 4) is 0 Å². The predicted octanol–water partition coefficient (Wildman–Crippen LogP) is 2.62.